The summed E-state index contributed by atoms with van der Waals surface area (Å²) in [6, 6.07) is 10.0. The van der Waals surface area contributed by atoms with Crippen LogP contribution < -0.4 is 10.1 Å². The van der Waals surface area contributed by atoms with Crippen molar-refractivity contribution in [3.8, 4) is 5.75 Å². The van der Waals surface area contributed by atoms with Gasteiger partial charge in [-0.05, 0) is 76.9 Å². The van der Waals surface area contributed by atoms with Crippen LogP contribution in [0.25, 0.3) is 0 Å². The zero-order chi connectivity index (χ0) is 17.7. The second-order valence-corrected chi connectivity index (χ2v) is 7.31. The Morgan fingerprint density at radius 1 is 1.21 bits per heavy atom. The quantitative estimate of drug-likeness (QED) is 0.540. The van der Waals surface area contributed by atoms with Gasteiger partial charge in [0, 0.05) is 15.7 Å². The average molecular weight is 473 g/mol. The molecule has 0 atom stereocenters. The van der Waals surface area contributed by atoms with Crippen LogP contribution in [0.3, 0.4) is 0 Å². The number of methoxy groups -OCH3 is 1. The number of aryl methyl sites for hydroxylation is 2. The van der Waals surface area contributed by atoms with Gasteiger partial charge < -0.3 is 14.8 Å². The molecule has 0 aliphatic heterocycles. The summed E-state index contributed by atoms with van der Waals surface area (Å²) in [5.74, 6) is 0.820. The molecule has 128 valence electrons. The maximum absolute atomic E-state index is 6.04. The third kappa shape index (κ3) is 4.71. The number of hydrogen-bond donors (Lipinski definition) is 1. The molecule has 0 saturated heterocycles. The van der Waals surface area contributed by atoms with Crippen molar-refractivity contribution in [2.45, 2.75) is 26.9 Å². The number of nitrogens with one attached hydrogen (secondary N) is 1. The topological polar surface area (TPSA) is 30.5 Å². The number of benzene rings is 2. The molecule has 0 unspecified atom stereocenters. The van der Waals surface area contributed by atoms with Crippen molar-refractivity contribution in [1.29, 1.82) is 0 Å². The van der Waals surface area contributed by atoms with E-state index in [1.807, 2.05) is 18.2 Å². The van der Waals surface area contributed by atoms with E-state index >= 15 is 0 Å². The number of rotatable bonds is 5. The minimum atomic E-state index is 0.318. The van der Waals surface area contributed by atoms with Crippen LogP contribution >= 0.6 is 44.1 Å². The molecule has 0 aliphatic rings. The molecule has 0 aliphatic carbocycles. The van der Waals surface area contributed by atoms with Gasteiger partial charge >= 0.3 is 0 Å². The van der Waals surface area contributed by atoms with Crippen LogP contribution in [0.2, 0.25) is 0 Å². The smallest absolute Gasteiger partial charge is 0.260 e. The number of halogens is 2. The molecule has 1 N–H and O–H groups in total. The van der Waals surface area contributed by atoms with E-state index in [-0.39, 0.29) is 0 Å². The molecule has 0 fully saturated rings. The molecular formula is C18H19Br2NO2S. The fourth-order valence-corrected chi connectivity index (χ4v) is 3.42. The van der Waals surface area contributed by atoms with Crippen molar-refractivity contribution in [3.05, 3.63) is 56.0 Å². The summed E-state index contributed by atoms with van der Waals surface area (Å²) < 4.78 is 13.0. The van der Waals surface area contributed by atoms with E-state index in [1.54, 1.807) is 7.11 Å². The summed E-state index contributed by atoms with van der Waals surface area (Å²) in [5.41, 5.74) is 4.36. The molecule has 2 aromatic rings. The molecule has 3 nitrogen and oxygen atoms in total. The van der Waals surface area contributed by atoms with Gasteiger partial charge in [0.15, 0.2) is 0 Å². The second kappa shape index (κ2) is 8.83. The minimum Gasteiger partial charge on any atom is -0.488 e. The van der Waals surface area contributed by atoms with Crippen molar-refractivity contribution in [2.24, 2.45) is 0 Å². The molecular weight excluding hydrogens is 454 g/mol. The molecule has 0 heterocycles. The highest BCUT2D eigenvalue weighted by Crippen LogP contribution is 2.32. The Bertz CT molecular complexity index is 750. The van der Waals surface area contributed by atoms with Crippen LogP contribution in [0, 0.1) is 6.92 Å². The van der Waals surface area contributed by atoms with Crippen LogP contribution in [0.4, 0.5) is 5.69 Å². The highest BCUT2D eigenvalue weighted by atomic mass is 79.9. The lowest BCUT2D eigenvalue weighted by molar-refractivity contribution is 0.304. The molecule has 0 radical (unpaired) electrons. The molecule has 2 aromatic carbocycles. The Balaban J connectivity index is 2.23. The lowest BCUT2D eigenvalue weighted by Crippen LogP contribution is -2.13. The predicted octanol–water partition coefficient (Wildman–Crippen LogP) is 6.00. The number of anilines is 1. The van der Waals surface area contributed by atoms with E-state index in [1.165, 1.54) is 11.1 Å². The fraction of sp³-hybridized carbons (Fsp3) is 0.278. The lowest BCUT2D eigenvalue weighted by Gasteiger charge is -2.16. The Morgan fingerprint density at radius 2 is 1.96 bits per heavy atom. The van der Waals surface area contributed by atoms with Gasteiger partial charge in [-0.2, -0.15) is 0 Å². The molecule has 0 aromatic heterocycles. The monoisotopic (exact) mass is 471 g/mol. The number of ether oxygens (including phenoxy) is 2. The van der Waals surface area contributed by atoms with Gasteiger partial charge in [-0.1, -0.05) is 28.9 Å². The Hall–Kier alpha value is -1.11. The van der Waals surface area contributed by atoms with Crippen LogP contribution in [0.5, 0.6) is 5.75 Å². The van der Waals surface area contributed by atoms with E-state index in [4.69, 9.17) is 21.7 Å². The zero-order valence-electron chi connectivity index (χ0n) is 13.8. The third-order valence-electron chi connectivity index (χ3n) is 3.68. The Morgan fingerprint density at radius 3 is 2.62 bits per heavy atom. The van der Waals surface area contributed by atoms with Crippen LogP contribution in [0.15, 0.2) is 39.3 Å². The van der Waals surface area contributed by atoms with E-state index in [2.05, 4.69) is 63.2 Å². The maximum Gasteiger partial charge on any atom is 0.260 e. The van der Waals surface area contributed by atoms with Gasteiger partial charge in [-0.25, -0.2) is 0 Å². The molecule has 0 spiro atoms. The van der Waals surface area contributed by atoms with E-state index in [0.29, 0.717) is 11.8 Å². The van der Waals surface area contributed by atoms with E-state index in [9.17, 15) is 0 Å². The van der Waals surface area contributed by atoms with E-state index < -0.39 is 0 Å². The van der Waals surface area contributed by atoms with Gasteiger partial charge in [-0.15, -0.1) is 0 Å². The van der Waals surface area contributed by atoms with Gasteiger partial charge in [0.1, 0.15) is 12.4 Å². The highest BCUT2D eigenvalue weighted by molar-refractivity contribution is 9.10. The largest absolute Gasteiger partial charge is 0.488 e. The van der Waals surface area contributed by atoms with Crippen LogP contribution in [-0.4, -0.2) is 12.3 Å². The maximum atomic E-state index is 6.04. The molecule has 24 heavy (non-hydrogen) atoms. The normalized spacial score (nSPS) is 10.4. The van der Waals surface area contributed by atoms with Crippen molar-refractivity contribution < 1.29 is 9.47 Å². The summed E-state index contributed by atoms with van der Waals surface area (Å²) >= 11 is 12.2. The summed E-state index contributed by atoms with van der Waals surface area (Å²) in [5, 5.41) is 3.39. The fourth-order valence-electron chi connectivity index (χ4n) is 2.32. The highest BCUT2D eigenvalue weighted by Gasteiger charge is 2.11. The molecule has 0 amide bonds. The lowest BCUT2D eigenvalue weighted by atomic mass is 10.1. The SMILES string of the molecule is CCc1cc(Br)c(OCc2c(Br)cccc2NC(=S)OC)cc1C. The standard InChI is InChI=1S/C18H19Br2NO2S/c1-4-12-9-15(20)17(8-11(12)2)23-10-13-14(19)6-5-7-16(13)21-18(24)22-3/h5-9H,4,10H2,1-3H3,(H,21,24). The summed E-state index contributed by atoms with van der Waals surface area (Å²) in [6.45, 7) is 4.65. The van der Waals surface area contributed by atoms with Crippen molar-refractivity contribution in [2.75, 3.05) is 12.4 Å². The third-order valence-corrected chi connectivity index (χ3v) is 5.32. The first-order chi connectivity index (χ1) is 11.5. The van der Waals surface area contributed by atoms with Crippen molar-refractivity contribution in [3.63, 3.8) is 0 Å². The van der Waals surface area contributed by atoms with E-state index in [0.717, 1.165) is 32.4 Å². The number of hydrogen-bond acceptors (Lipinski definition) is 3. The van der Waals surface area contributed by atoms with Gasteiger partial charge in [0.2, 0.25) is 0 Å². The second-order valence-electron chi connectivity index (χ2n) is 5.23. The molecule has 0 saturated carbocycles. The van der Waals surface area contributed by atoms with Crippen molar-refractivity contribution in [1.82, 2.24) is 0 Å². The minimum absolute atomic E-state index is 0.318. The average Bonchev–Trinajstić information content (AvgIpc) is 2.56. The first-order valence-corrected chi connectivity index (χ1v) is 9.49. The van der Waals surface area contributed by atoms with Gasteiger partial charge in [0.25, 0.3) is 5.17 Å². The molecule has 2 rings (SSSR count). The van der Waals surface area contributed by atoms with Crippen molar-refractivity contribution >= 4 is 54.9 Å². The predicted molar refractivity (Wildman–Crippen MR) is 110 cm³/mol. The van der Waals surface area contributed by atoms with Gasteiger partial charge in [-0.3, -0.25) is 0 Å². The zero-order valence-corrected chi connectivity index (χ0v) is 17.8. The first kappa shape index (κ1) is 19.2. The molecule has 0 bridgehead atoms. The van der Waals surface area contributed by atoms with Crippen LogP contribution in [-0.2, 0) is 17.8 Å². The van der Waals surface area contributed by atoms with Crippen LogP contribution in [0.1, 0.15) is 23.6 Å². The Labute approximate surface area is 165 Å². The Kier molecular flexibility index (Phi) is 7.07. The summed E-state index contributed by atoms with van der Waals surface area (Å²) in [6.07, 6.45) is 0.997. The van der Waals surface area contributed by atoms with Gasteiger partial charge in [0.05, 0.1) is 11.6 Å². The molecule has 6 heteroatoms. The number of thiocarbonyl (C=S) groups is 1. The first-order valence-electron chi connectivity index (χ1n) is 7.50. The summed E-state index contributed by atoms with van der Waals surface area (Å²) in [4.78, 5) is 0. The summed E-state index contributed by atoms with van der Waals surface area (Å²) in [7, 11) is 1.54.